The van der Waals surface area contributed by atoms with Crippen LogP contribution in [0.15, 0.2) is 107 Å². The molecule has 121 valence electrons. The van der Waals surface area contributed by atoms with Crippen molar-refractivity contribution in [3.63, 3.8) is 0 Å². The molecule has 2 aliphatic carbocycles. The number of benzene rings is 2. The van der Waals surface area contributed by atoms with Crippen LogP contribution in [0.5, 0.6) is 0 Å². The summed E-state index contributed by atoms with van der Waals surface area (Å²) in [6.45, 7) is 4.41. The Kier molecular flexibility index (Phi) is 4.11. The van der Waals surface area contributed by atoms with E-state index in [1.54, 1.807) is 0 Å². The van der Waals surface area contributed by atoms with E-state index in [9.17, 15) is 0 Å². The lowest BCUT2D eigenvalue weighted by Gasteiger charge is -2.14. The highest BCUT2D eigenvalue weighted by Crippen LogP contribution is 2.41. The molecular formula is C25H21. The summed E-state index contributed by atoms with van der Waals surface area (Å²) in [4.78, 5) is 0. The van der Waals surface area contributed by atoms with Gasteiger partial charge < -0.3 is 0 Å². The van der Waals surface area contributed by atoms with E-state index in [1.165, 1.54) is 44.6 Å². The van der Waals surface area contributed by atoms with Crippen LogP contribution in [-0.2, 0) is 0 Å². The van der Waals surface area contributed by atoms with Gasteiger partial charge in [-0.25, -0.2) is 0 Å². The minimum atomic E-state index is 1.02. The van der Waals surface area contributed by atoms with Crippen LogP contribution in [0.4, 0.5) is 0 Å². The van der Waals surface area contributed by atoms with Crippen molar-refractivity contribution in [2.75, 3.05) is 0 Å². The van der Waals surface area contributed by atoms with Gasteiger partial charge in [0.1, 0.15) is 0 Å². The fourth-order valence-electron chi connectivity index (χ4n) is 3.78. The predicted octanol–water partition coefficient (Wildman–Crippen LogP) is 6.45. The van der Waals surface area contributed by atoms with Crippen LogP contribution in [0.25, 0.3) is 5.57 Å². The van der Waals surface area contributed by atoms with Crippen LogP contribution < -0.4 is 0 Å². The van der Waals surface area contributed by atoms with Crippen molar-refractivity contribution < 1.29 is 0 Å². The number of hydrogen-bond donors (Lipinski definition) is 0. The zero-order chi connectivity index (χ0) is 17.2. The maximum absolute atomic E-state index is 3.68. The smallest absolute Gasteiger partial charge is 0.00296 e. The Morgan fingerprint density at radius 3 is 1.96 bits per heavy atom. The summed E-state index contributed by atoms with van der Waals surface area (Å²) in [7, 11) is 0. The molecule has 0 aromatic heterocycles. The molecule has 0 heteroatoms. The van der Waals surface area contributed by atoms with E-state index in [0.717, 1.165) is 6.42 Å². The molecule has 0 heterocycles. The van der Waals surface area contributed by atoms with Gasteiger partial charge in [-0.3, -0.25) is 0 Å². The minimum Gasteiger partial charge on any atom is -0.0801 e. The molecule has 25 heavy (non-hydrogen) atoms. The molecule has 0 fully saturated rings. The second-order valence-electron chi connectivity index (χ2n) is 6.56. The maximum atomic E-state index is 3.68. The Morgan fingerprint density at radius 1 is 0.840 bits per heavy atom. The van der Waals surface area contributed by atoms with Gasteiger partial charge in [0.25, 0.3) is 0 Å². The predicted molar refractivity (Wildman–Crippen MR) is 106 cm³/mol. The van der Waals surface area contributed by atoms with Crippen LogP contribution in [0.2, 0.25) is 0 Å². The number of hydrogen-bond acceptors (Lipinski definition) is 0. The highest BCUT2D eigenvalue weighted by atomic mass is 14.3. The molecule has 2 aliphatic rings. The molecule has 0 bridgehead atoms. The second kappa shape index (κ2) is 6.57. The lowest BCUT2D eigenvalue weighted by molar-refractivity contribution is 1.22. The van der Waals surface area contributed by atoms with E-state index in [0.29, 0.717) is 0 Å². The Labute approximate surface area is 150 Å². The summed E-state index contributed by atoms with van der Waals surface area (Å²) in [5.74, 6) is 0. The van der Waals surface area contributed by atoms with Crippen LogP contribution in [-0.4, -0.2) is 0 Å². The first-order chi connectivity index (χ1) is 12.3. The van der Waals surface area contributed by atoms with Gasteiger partial charge in [-0.15, -0.1) is 0 Å². The van der Waals surface area contributed by atoms with Crippen molar-refractivity contribution in [3.8, 4) is 0 Å². The van der Waals surface area contributed by atoms with E-state index in [4.69, 9.17) is 0 Å². The van der Waals surface area contributed by atoms with Gasteiger partial charge >= 0.3 is 0 Å². The molecule has 0 saturated carbocycles. The van der Waals surface area contributed by atoms with E-state index in [-0.39, 0.29) is 0 Å². The monoisotopic (exact) mass is 321 g/mol. The Morgan fingerprint density at radius 2 is 1.44 bits per heavy atom. The lowest BCUT2D eigenvalue weighted by atomic mass is 9.90. The van der Waals surface area contributed by atoms with E-state index in [2.05, 4.69) is 98.8 Å². The molecule has 1 radical (unpaired) electrons. The second-order valence-corrected chi connectivity index (χ2v) is 6.56. The van der Waals surface area contributed by atoms with E-state index >= 15 is 0 Å². The summed E-state index contributed by atoms with van der Waals surface area (Å²) in [5, 5.41) is 0. The topological polar surface area (TPSA) is 0 Å². The Balaban J connectivity index is 1.96. The molecule has 0 atom stereocenters. The highest BCUT2D eigenvalue weighted by Gasteiger charge is 2.23. The molecule has 2 aromatic carbocycles. The molecule has 0 nitrogen and oxygen atoms in total. The first-order valence-corrected chi connectivity index (χ1v) is 8.79. The van der Waals surface area contributed by atoms with Crippen molar-refractivity contribution >= 4 is 5.57 Å². The average molecular weight is 321 g/mol. The third-order valence-corrected chi connectivity index (χ3v) is 4.90. The summed E-state index contributed by atoms with van der Waals surface area (Å²) in [5.41, 5.74) is 10.3. The fraction of sp³-hybridized carbons (Fsp3) is 0.120. The van der Waals surface area contributed by atoms with Gasteiger partial charge in [-0.2, -0.15) is 0 Å². The zero-order valence-corrected chi connectivity index (χ0v) is 14.7. The van der Waals surface area contributed by atoms with Crippen molar-refractivity contribution in [2.45, 2.75) is 20.3 Å². The summed E-state index contributed by atoms with van der Waals surface area (Å²) < 4.78 is 0. The largest absolute Gasteiger partial charge is 0.0801 e. The number of allylic oxidation sites excluding steroid dienone is 9. The maximum Gasteiger partial charge on any atom is -0.00296 e. The van der Waals surface area contributed by atoms with Crippen LogP contribution >= 0.6 is 0 Å². The zero-order valence-electron chi connectivity index (χ0n) is 14.7. The van der Waals surface area contributed by atoms with Crippen LogP contribution in [0.1, 0.15) is 31.4 Å². The van der Waals surface area contributed by atoms with Crippen molar-refractivity contribution in [2.24, 2.45) is 0 Å². The normalized spacial score (nSPS) is 16.3. The average Bonchev–Trinajstić information content (AvgIpc) is 3.26. The van der Waals surface area contributed by atoms with Gasteiger partial charge in [0.2, 0.25) is 0 Å². The molecule has 0 unspecified atom stereocenters. The summed E-state index contributed by atoms with van der Waals surface area (Å²) in [6.07, 6.45) is 11.3. The Hall–Kier alpha value is -2.86. The molecule has 0 saturated heterocycles. The molecule has 4 rings (SSSR count). The fourth-order valence-corrected chi connectivity index (χ4v) is 3.78. The van der Waals surface area contributed by atoms with Crippen molar-refractivity contribution in [3.05, 3.63) is 124 Å². The standard InChI is InChI=1S/C25H21/c1-18-17-23(19(2)24(18)20-15-9-10-16-20)25(21-11-5-3-6-12-21)22-13-7-4-8-14-22/h3-15H,16H2,1-2H3. The van der Waals surface area contributed by atoms with E-state index in [1.807, 2.05) is 0 Å². The third kappa shape index (κ3) is 2.85. The molecular weight excluding hydrogens is 300 g/mol. The van der Waals surface area contributed by atoms with Crippen molar-refractivity contribution in [1.29, 1.82) is 0 Å². The number of rotatable bonds is 3. The first-order valence-electron chi connectivity index (χ1n) is 8.79. The molecule has 2 aromatic rings. The van der Waals surface area contributed by atoms with Crippen LogP contribution in [0, 0.1) is 6.08 Å². The molecule has 0 amide bonds. The van der Waals surface area contributed by atoms with Crippen LogP contribution in [0.3, 0.4) is 0 Å². The SMILES string of the molecule is CC1=[C]C(=C(c2ccccc2)c2ccccc2)C(C)=C1C1=CC=CC1. The highest BCUT2D eigenvalue weighted by molar-refractivity contribution is 5.88. The minimum absolute atomic E-state index is 1.02. The first kappa shape index (κ1) is 15.7. The van der Waals surface area contributed by atoms with Crippen molar-refractivity contribution in [1.82, 2.24) is 0 Å². The van der Waals surface area contributed by atoms with Gasteiger partial charge in [-0.05, 0) is 70.9 Å². The summed E-state index contributed by atoms with van der Waals surface area (Å²) >= 11 is 0. The third-order valence-electron chi connectivity index (χ3n) is 4.90. The Bertz CT molecular complexity index is 904. The molecule has 0 aliphatic heterocycles. The summed E-state index contributed by atoms with van der Waals surface area (Å²) in [6, 6.07) is 21.3. The van der Waals surface area contributed by atoms with Gasteiger partial charge in [0.05, 0.1) is 0 Å². The molecule has 0 N–H and O–H groups in total. The lowest BCUT2D eigenvalue weighted by Crippen LogP contribution is -1.95. The van der Waals surface area contributed by atoms with Gasteiger partial charge in [-0.1, -0.05) is 78.9 Å². The van der Waals surface area contributed by atoms with E-state index < -0.39 is 0 Å². The molecule has 0 spiro atoms. The van der Waals surface area contributed by atoms with Gasteiger partial charge in [0, 0.05) is 0 Å². The quantitative estimate of drug-likeness (QED) is 0.609. The van der Waals surface area contributed by atoms with Gasteiger partial charge in [0.15, 0.2) is 0 Å².